The van der Waals surface area contributed by atoms with Gasteiger partial charge in [-0.1, -0.05) is 34.6 Å². The van der Waals surface area contributed by atoms with Gasteiger partial charge in [-0.25, -0.2) is 0 Å². The van der Waals surface area contributed by atoms with Crippen molar-refractivity contribution in [3.63, 3.8) is 0 Å². The van der Waals surface area contributed by atoms with Crippen LogP contribution in [0, 0.1) is 17.3 Å². The van der Waals surface area contributed by atoms with E-state index < -0.39 is 5.41 Å². The zero-order chi connectivity index (χ0) is 16.9. The van der Waals surface area contributed by atoms with Crippen LogP contribution >= 0.6 is 0 Å². The van der Waals surface area contributed by atoms with Crippen LogP contribution in [-0.4, -0.2) is 42.4 Å². The fourth-order valence-electron chi connectivity index (χ4n) is 2.95. The van der Waals surface area contributed by atoms with Crippen molar-refractivity contribution in [2.75, 3.05) is 19.6 Å². The molecule has 0 saturated carbocycles. The Morgan fingerprint density at radius 1 is 1.32 bits per heavy atom. The molecule has 0 bridgehead atoms. The second-order valence-corrected chi connectivity index (χ2v) is 7.91. The fraction of sp³-hybridized carbons (Fsp3) is 0.882. The second-order valence-electron chi connectivity index (χ2n) is 7.91. The molecule has 2 amide bonds. The Balaban J connectivity index is 2.60. The van der Waals surface area contributed by atoms with Crippen molar-refractivity contribution < 1.29 is 9.59 Å². The lowest BCUT2D eigenvalue weighted by Crippen LogP contribution is -2.51. The first-order valence-corrected chi connectivity index (χ1v) is 8.45. The number of nitrogens with two attached hydrogens (primary N) is 1. The highest BCUT2D eigenvalue weighted by molar-refractivity contribution is 5.84. The van der Waals surface area contributed by atoms with Crippen LogP contribution < -0.4 is 11.1 Å². The third kappa shape index (κ3) is 5.59. The molecule has 0 aromatic carbocycles. The highest BCUT2D eigenvalue weighted by atomic mass is 16.2. The van der Waals surface area contributed by atoms with Crippen molar-refractivity contribution in [1.29, 1.82) is 0 Å². The molecule has 1 heterocycles. The van der Waals surface area contributed by atoms with E-state index in [0.717, 1.165) is 25.8 Å². The molecule has 5 nitrogen and oxygen atoms in total. The first-order chi connectivity index (χ1) is 10.1. The molecule has 0 aliphatic carbocycles. The predicted octanol–water partition coefficient (Wildman–Crippen LogP) is 1.76. The number of carbonyl (C=O) groups is 2. The van der Waals surface area contributed by atoms with E-state index in [0.29, 0.717) is 19.0 Å². The van der Waals surface area contributed by atoms with E-state index in [1.807, 2.05) is 25.7 Å². The summed E-state index contributed by atoms with van der Waals surface area (Å²) in [6.07, 6.45) is 2.62. The molecule has 1 aliphatic heterocycles. The fourth-order valence-corrected chi connectivity index (χ4v) is 2.95. The van der Waals surface area contributed by atoms with Crippen LogP contribution in [0.5, 0.6) is 0 Å². The zero-order valence-electron chi connectivity index (χ0n) is 14.8. The highest BCUT2D eigenvalue weighted by Crippen LogP contribution is 2.23. The maximum atomic E-state index is 12.5. The van der Waals surface area contributed by atoms with Gasteiger partial charge in [-0.2, -0.15) is 0 Å². The Hall–Kier alpha value is -1.10. The second kappa shape index (κ2) is 7.95. The molecule has 1 rings (SSSR count). The third-order valence-corrected chi connectivity index (χ3v) is 4.11. The van der Waals surface area contributed by atoms with Gasteiger partial charge in [0.15, 0.2) is 0 Å². The average molecular weight is 311 g/mol. The topological polar surface area (TPSA) is 75.4 Å². The molecule has 1 saturated heterocycles. The molecule has 2 atom stereocenters. The van der Waals surface area contributed by atoms with Crippen molar-refractivity contribution in [2.45, 2.75) is 59.9 Å². The molecule has 22 heavy (non-hydrogen) atoms. The quantitative estimate of drug-likeness (QED) is 0.812. The minimum atomic E-state index is -0.393. The molecule has 3 N–H and O–H groups in total. The number of carbonyl (C=O) groups excluding carboxylic acids is 2. The number of likely N-dealkylation sites (tertiary alicyclic amines) is 1. The van der Waals surface area contributed by atoms with Gasteiger partial charge in [0.05, 0.1) is 5.92 Å². The van der Waals surface area contributed by atoms with Crippen LogP contribution in [0.2, 0.25) is 0 Å². The van der Waals surface area contributed by atoms with Crippen LogP contribution in [0.25, 0.3) is 0 Å². The number of nitrogens with one attached hydrogen (secondary N) is 1. The van der Waals surface area contributed by atoms with Crippen molar-refractivity contribution in [1.82, 2.24) is 10.2 Å². The summed E-state index contributed by atoms with van der Waals surface area (Å²) in [6.45, 7) is 11.8. The molecule has 0 radical (unpaired) electrons. The molecule has 0 aromatic rings. The van der Waals surface area contributed by atoms with Gasteiger partial charge >= 0.3 is 0 Å². The SMILES string of the molecule is CC(C)CC(CN)NC(=O)C1CCCN(C(=O)C(C)(C)C)C1. The summed E-state index contributed by atoms with van der Waals surface area (Å²) in [5.74, 6) is 0.561. The van der Waals surface area contributed by atoms with E-state index >= 15 is 0 Å². The summed E-state index contributed by atoms with van der Waals surface area (Å²) < 4.78 is 0. The van der Waals surface area contributed by atoms with Crippen molar-refractivity contribution in [3.05, 3.63) is 0 Å². The van der Waals surface area contributed by atoms with Crippen LogP contribution in [0.3, 0.4) is 0 Å². The summed E-state index contributed by atoms with van der Waals surface area (Å²) in [5.41, 5.74) is 5.36. The smallest absolute Gasteiger partial charge is 0.227 e. The lowest BCUT2D eigenvalue weighted by molar-refractivity contribution is -0.142. The van der Waals surface area contributed by atoms with E-state index in [2.05, 4.69) is 19.2 Å². The van der Waals surface area contributed by atoms with Crippen LogP contribution in [-0.2, 0) is 9.59 Å². The summed E-state index contributed by atoms with van der Waals surface area (Å²) >= 11 is 0. The maximum absolute atomic E-state index is 12.5. The first kappa shape index (κ1) is 18.9. The van der Waals surface area contributed by atoms with Gasteiger partial charge in [-0.05, 0) is 25.2 Å². The van der Waals surface area contributed by atoms with E-state index in [-0.39, 0.29) is 23.8 Å². The Morgan fingerprint density at radius 2 is 1.95 bits per heavy atom. The Bertz CT molecular complexity index is 388. The molecule has 128 valence electrons. The molecule has 2 unspecified atom stereocenters. The minimum absolute atomic E-state index is 0.0289. The first-order valence-electron chi connectivity index (χ1n) is 8.45. The molecular formula is C17H33N3O2. The van der Waals surface area contributed by atoms with Crippen molar-refractivity contribution in [3.8, 4) is 0 Å². The van der Waals surface area contributed by atoms with E-state index in [4.69, 9.17) is 5.73 Å². The molecule has 5 heteroatoms. The Morgan fingerprint density at radius 3 is 2.45 bits per heavy atom. The van der Waals surface area contributed by atoms with E-state index in [9.17, 15) is 9.59 Å². The van der Waals surface area contributed by atoms with Gasteiger partial charge < -0.3 is 16.0 Å². The summed E-state index contributed by atoms with van der Waals surface area (Å²) in [7, 11) is 0. The van der Waals surface area contributed by atoms with Crippen LogP contribution in [0.15, 0.2) is 0 Å². The Labute approximate surface area is 135 Å². The molecule has 1 fully saturated rings. The summed E-state index contributed by atoms with van der Waals surface area (Å²) in [6, 6.07) is 0.0289. The number of piperidine rings is 1. The Kier molecular flexibility index (Phi) is 6.85. The minimum Gasteiger partial charge on any atom is -0.352 e. The normalized spacial score (nSPS) is 20.9. The summed E-state index contributed by atoms with van der Waals surface area (Å²) in [4.78, 5) is 26.7. The summed E-state index contributed by atoms with van der Waals surface area (Å²) in [5, 5.41) is 3.06. The molecule has 0 aromatic heterocycles. The number of amides is 2. The molecule has 0 spiro atoms. The average Bonchev–Trinajstić information content (AvgIpc) is 2.44. The lowest BCUT2D eigenvalue weighted by atomic mass is 9.90. The predicted molar refractivity (Wildman–Crippen MR) is 89.2 cm³/mol. The number of nitrogens with zero attached hydrogens (tertiary/aromatic N) is 1. The van der Waals surface area contributed by atoms with Gasteiger partial charge in [0.2, 0.25) is 11.8 Å². The van der Waals surface area contributed by atoms with Crippen molar-refractivity contribution in [2.24, 2.45) is 23.0 Å². The van der Waals surface area contributed by atoms with Gasteiger partial charge in [-0.15, -0.1) is 0 Å². The number of hydrogen-bond acceptors (Lipinski definition) is 3. The highest BCUT2D eigenvalue weighted by Gasteiger charge is 2.33. The number of rotatable bonds is 5. The zero-order valence-corrected chi connectivity index (χ0v) is 14.8. The lowest BCUT2D eigenvalue weighted by Gasteiger charge is -2.36. The van der Waals surface area contributed by atoms with Crippen molar-refractivity contribution >= 4 is 11.8 Å². The maximum Gasteiger partial charge on any atom is 0.227 e. The third-order valence-electron chi connectivity index (χ3n) is 4.11. The van der Waals surface area contributed by atoms with Gasteiger partial charge in [-0.3, -0.25) is 9.59 Å². The molecular weight excluding hydrogens is 278 g/mol. The molecule has 1 aliphatic rings. The largest absolute Gasteiger partial charge is 0.352 e. The number of hydrogen-bond donors (Lipinski definition) is 2. The van der Waals surface area contributed by atoms with Gasteiger partial charge in [0.1, 0.15) is 0 Å². The standard InChI is InChI=1S/C17H33N3O2/c1-12(2)9-14(10-18)19-15(21)13-7-6-8-20(11-13)16(22)17(3,4)5/h12-14H,6-11,18H2,1-5H3,(H,19,21). The van der Waals surface area contributed by atoms with Crippen LogP contribution in [0.4, 0.5) is 0 Å². The van der Waals surface area contributed by atoms with Gasteiger partial charge in [0.25, 0.3) is 0 Å². The van der Waals surface area contributed by atoms with Gasteiger partial charge in [0, 0.05) is 31.1 Å². The van der Waals surface area contributed by atoms with E-state index in [1.54, 1.807) is 0 Å². The van der Waals surface area contributed by atoms with Crippen LogP contribution in [0.1, 0.15) is 53.9 Å². The monoisotopic (exact) mass is 311 g/mol. The van der Waals surface area contributed by atoms with E-state index in [1.165, 1.54) is 0 Å².